The summed E-state index contributed by atoms with van der Waals surface area (Å²) in [5.41, 5.74) is 0. The molecule has 0 aromatic heterocycles. The zero-order valence-electron chi connectivity index (χ0n) is 10.6. The van der Waals surface area contributed by atoms with Crippen molar-refractivity contribution >= 4 is 16.0 Å². The molecule has 2 unspecified atom stereocenters. The highest BCUT2D eigenvalue weighted by molar-refractivity contribution is 7.89. The molecule has 0 bridgehead atoms. The second-order valence-corrected chi connectivity index (χ2v) is 6.47. The lowest BCUT2D eigenvalue weighted by molar-refractivity contribution is -0.140. The molecule has 0 spiro atoms. The summed E-state index contributed by atoms with van der Waals surface area (Å²) >= 11 is 0. The van der Waals surface area contributed by atoms with Gasteiger partial charge in [0.05, 0.1) is 12.9 Å². The molecule has 1 rings (SSSR count). The van der Waals surface area contributed by atoms with Crippen LogP contribution in [0, 0.1) is 5.92 Å². The van der Waals surface area contributed by atoms with Crippen LogP contribution in [0.3, 0.4) is 0 Å². The minimum atomic E-state index is -3.38. The van der Waals surface area contributed by atoms with E-state index < -0.39 is 16.0 Å². The van der Waals surface area contributed by atoms with Crippen LogP contribution in [0.4, 0.5) is 0 Å². The van der Waals surface area contributed by atoms with Gasteiger partial charge in [-0.15, -0.1) is 0 Å². The molecular formula is C11H21NO5S. The Morgan fingerprint density at radius 2 is 2.17 bits per heavy atom. The van der Waals surface area contributed by atoms with Crippen LogP contribution in [0.1, 0.15) is 32.1 Å². The van der Waals surface area contributed by atoms with Gasteiger partial charge >= 0.3 is 5.97 Å². The lowest BCUT2D eigenvalue weighted by Gasteiger charge is -2.18. The van der Waals surface area contributed by atoms with Crippen molar-refractivity contribution in [3.63, 3.8) is 0 Å². The number of esters is 1. The van der Waals surface area contributed by atoms with Crippen molar-refractivity contribution in [2.24, 2.45) is 5.92 Å². The summed E-state index contributed by atoms with van der Waals surface area (Å²) in [6.45, 7) is 0.00927. The van der Waals surface area contributed by atoms with Gasteiger partial charge in [-0.1, -0.05) is 6.42 Å². The van der Waals surface area contributed by atoms with E-state index in [9.17, 15) is 13.2 Å². The van der Waals surface area contributed by atoms with E-state index in [2.05, 4.69) is 9.46 Å². The number of hydrogen-bond donors (Lipinski definition) is 2. The summed E-state index contributed by atoms with van der Waals surface area (Å²) in [5, 5.41) is 9.12. The number of carbonyl (C=O) groups excluding carboxylic acids is 1. The predicted molar refractivity (Wildman–Crippen MR) is 66.4 cm³/mol. The number of carbonyl (C=O) groups is 1. The Kier molecular flexibility index (Phi) is 6.04. The van der Waals surface area contributed by atoms with Crippen molar-refractivity contribution in [2.45, 2.75) is 38.1 Å². The van der Waals surface area contributed by atoms with E-state index in [1.807, 2.05) is 0 Å². The van der Waals surface area contributed by atoms with Gasteiger partial charge in [0.25, 0.3) is 0 Å². The SMILES string of the molecule is COC(=O)CCCS(=O)(=O)NC1CCCC1CO. The zero-order chi connectivity index (χ0) is 13.6. The number of ether oxygens (including phenoxy) is 1. The molecule has 1 saturated carbocycles. The van der Waals surface area contributed by atoms with Crippen molar-refractivity contribution < 1.29 is 23.1 Å². The first-order chi connectivity index (χ1) is 8.48. The number of hydrogen-bond acceptors (Lipinski definition) is 5. The first-order valence-corrected chi connectivity index (χ1v) is 7.81. The highest BCUT2D eigenvalue weighted by Gasteiger charge is 2.29. The molecule has 1 aliphatic carbocycles. The standard InChI is InChI=1S/C11H21NO5S/c1-17-11(14)6-3-7-18(15,16)12-10-5-2-4-9(10)8-13/h9-10,12-13H,2-8H2,1H3. The van der Waals surface area contributed by atoms with Crippen LogP contribution in [0.5, 0.6) is 0 Å². The molecular weight excluding hydrogens is 258 g/mol. The molecule has 2 atom stereocenters. The van der Waals surface area contributed by atoms with Crippen LogP contribution in [0.2, 0.25) is 0 Å². The van der Waals surface area contributed by atoms with Gasteiger partial charge in [0, 0.05) is 19.1 Å². The fourth-order valence-corrected chi connectivity index (χ4v) is 3.62. The Morgan fingerprint density at radius 3 is 2.78 bits per heavy atom. The number of aliphatic hydroxyl groups excluding tert-OH is 1. The molecule has 18 heavy (non-hydrogen) atoms. The Labute approximate surface area is 108 Å². The van der Waals surface area contributed by atoms with Crippen LogP contribution in [-0.2, 0) is 19.6 Å². The quantitative estimate of drug-likeness (QED) is 0.641. The van der Waals surface area contributed by atoms with Crippen molar-refractivity contribution in [1.82, 2.24) is 4.72 Å². The van der Waals surface area contributed by atoms with Crippen molar-refractivity contribution in [1.29, 1.82) is 0 Å². The van der Waals surface area contributed by atoms with Crippen LogP contribution in [-0.4, -0.2) is 45.0 Å². The van der Waals surface area contributed by atoms with Crippen LogP contribution < -0.4 is 4.72 Å². The van der Waals surface area contributed by atoms with Crippen molar-refractivity contribution in [3.8, 4) is 0 Å². The number of rotatable bonds is 7. The number of nitrogens with one attached hydrogen (secondary N) is 1. The maximum atomic E-state index is 11.8. The van der Waals surface area contributed by atoms with Gasteiger partial charge in [-0.2, -0.15) is 0 Å². The average molecular weight is 279 g/mol. The van der Waals surface area contributed by atoms with Gasteiger partial charge in [0.1, 0.15) is 0 Å². The molecule has 106 valence electrons. The lowest BCUT2D eigenvalue weighted by atomic mass is 10.1. The second kappa shape index (κ2) is 7.06. The number of aliphatic hydroxyl groups is 1. The molecule has 0 heterocycles. The highest BCUT2D eigenvalue weighted by Crippen LogP contribution is 2.25. The molecule has 2 N–H and O–H groups in total. The van der Waals surface area contributed by atoms with Gasteiger partial charge in [-0.05, 0) is 25.2 Å². The fraction of sp³-hybridized carbons (Fsp3) is 0.909. The predicted octanol–water partition coefficient (Wildman–Crippen LogP) is 0.0200. The largest absolute Gasteiger partial charge is 0.469 e. The molecule has 0 saturated heterocycles. The molecule has 0 aliphatic heterocycles. The van der Waals surface area contributed by atoms with E-state index in [1.54, 1.807) is 0 Å². The van der Waals surface area contributed by atoms with Crippen LogP contribution in [0.15, 0.2) is 0 Å². The summed E-state index contributed by atoms with van der Waals surface area (Å²) < 4.78 is 30.6. The summed E-state index contributed by atoms with van der Waals surface area (Å²) in [4.78, 5) is 10.9. The Bertz CT molecular complexity index is 368. The molecule has 7 heteroatoms. The van der Waals surface area contributed by atoms with E-state index in [-0.39, 0.29) is 37.2 Å². The van der Waals surface area contributed by atoms with Gasteiger partial charge in [0.15, 0.2) is 0 Å². The molecule has 1 fully saturated rings. The minimum absolute atomic E-state index is 0.00927. The minimum Gasteiger partial charge on any atom is -0.469 e. The molecule has 6 nitrogen and oxygen atoms in total. The van der Waals surface area contributed by atoms with Gasteiger partial charge in [-0.3, -0.25) is 4.79 Å². The molecule has 0 aromatic rings. The summed E-state index contributed by atoms with van der Waals surface area (Å²) in [5.74, 6) is -0.476. The third-order valence-corrected chi connectivity index (χ3v) is 4.73. The molecule has 0 radical (unpaired) electrons. The lowest BCUT2D eigenvalue weighted by Crippen LogP contribution is -2.39. The van der Waals surface area contributed by atoms with Crippen LogP contribution in [0.25, 0.3) is 0 Å². The fourth-order valence-electron chi connectivity index (χ4n) is 2.21. The Balaban J connectivity index is 2.37. The smallest absolute Gasteiger partial charge is 0.305 e. The van der Waals surface area contributed by atoms with Crippen LogP contribution >= 0.6 is 0 Å². The normalized spacial score (nSPS) is 24.1. The monoisotopic (exact) mass is 279 g/mol. The number of sulfonamides is 1. The van der Waals surface area contributed by atoms with Crippen molar-refractivity contribution in [3.05, 3.63) is 0 Å². The average Bonchev–Trinajstić information content (AvgIpc) is 2.74. The van der Waals surface area contributed by atoms with Gasteiger partial charge < -0.3 is 9.84 Å². The van der Waals surface area contributed by atoms with E-state index in [0.717, 1.165) is 19.3 Å². The van der Waals surface area contributed by atoms with E-state index in [0.29, 0.717) is 0 Å². The summed E-state index contributed by atoms with van der Waals surface area (Å²) in [6.07, 6.45) is 2.90. The molecule has 0 aromatic carbocycles. The Hall–Kier alpha value is -0.660. The van der Waals surface area contributed by atoms with Crippen molar-refractivity contribution in [2.75, 3.05) is 19.5 Å². The first-order valence-electron chi connectivity index (χ1n) is 6.16. The molecule has 1 aliphatic rings. The van der Waals surface area contributed by atoms with E-state index in [1.165, 1.54) is 7.11 Å². The first kappa shape index (κ1) is 15.4. The maximum Gasteiger partial charge on any atom is 0.305 e. The van der Waals surface area contributed by atoms with Gasteiger partial charge in [0.2, 0.25) is 10.0 Å². The van der Waals surface area contributed by atoms with Gasteiger partial charge in [-0.25, -0.2) is 13.1 Å². The highest BCUT2D eigenvalue weighted by atomic mass is 32.2. The van der Waals surface area contributed by atoms with E-state index in [4.69, 9.17) is 5.11 Å². The summed E-state index contributed by atoms with van der Waals surface area (Å²) in [7, 11) is -2.10. The van der Waals surface area contributed by atoms with E-state index >= 15 is 0 Å². The number of methoxy groups -OCH3 is 1. The topological polar surface area (TPSA) is 92.7 Å². The third kappa shape index (κ3) is 4.91. The summed E-state index contributed by atoms with van der Waals surface area (Å²) in [6, 6.07) is -0.168. The second-order valence-electron chi connectivity index (χ2n) is 4.60. The molecule has 0 amide bonds. The zero-order valence-corrected chi connectivity index (χ0v) is 11.4. The Morgan fingerprint density at radius 1 is 1.44 bits per heavy atom. The third-order valence-electron chi connectivity index (χ3n) is 3.25. The maximum absolute atomic E-state index is 11.8.